The highest BCUT2D eigenvalue weighted by Gasteiger charge is 2.13. The summed E-state index contributed by atoms with van der Waals surface area (Å²) >= 11 is 3.27. The lowest BCUT2D eigenvalue weighted by Crippen LogP contribution is -2.32. The summed E-state index contributed by atoms with van der Waals surface area (Å²) in [4.78, 5) is 25.1. The van der Waals surface area contributed by atoms with Gasteiger partial charge in [-0.05, 0) is 30.3 Å². The number of hydrogen-bond acceptors (Lipinski definition) is 3. The van der Waals surface area contributed by atoms with Crippen molar-refractivity contribution in [3.63, 3.8) is 0 Å². The lowest BCUT2D eigenvalue weighted by molar-refractivity contribution is -0.130. The van der Waals surface area contributed by atoms with Gasteiger partial charge in [0.1, 0.15) is 5.82 Å². The summed E-state index contributed by atoms with van der Waals surface area (Å²) in [7, 11) is 1.59. The molecule has 1 aromatic carbocycles. The summed E-state index contributed by atoms with van der Waals surface area (Å²) in [5.41, 5.74) is 0.426. The lowest BCUT2D eigenvalue weighted by atomic mass is 10.2. The van der Waals surface area contributed by atoms with Crippen LogP contribution < -0.4 is 5.32 Å². The Hall–Kier alpha value is -2.15. The van der Waals surface area contributed by atoms with Crippen LogP contribution >= 0.6 is 15.9 Å². The summed E-state index contributed by atoms with van der Waals surface area (Å²) in [6.07, 6.45) is 1.53. The van der Waals surface area contributed by atoms with E-state index in [-0.39, 0.29) is 42.9 Å². The van der Waals surface area contributed by atoms with Gasteiger partial charge in [0.15, 0.2) is 5.76 Å². The van der Waals surface area contributed by atoms with Crippen molar-refractivity contribution in [1.29, 1.82) is 0 Å². The highest BCUT2D eigenvalue weighted by atomic mass is 79.9. The van der Waals surface area contributed by atoms with Crippen LogP contribution in [0.15, 0.2) is 45.5 Å². The second-order valence-corrected chi connectivity index (χ2v) is 5.88. The molecular weight excluding hydrogens is 367 g/mol. The zero-order valence-electron chi connectivity index (χ0n) is 12.5. The third-order valence-electron chi connectivity index (χ3n) is 3.21. The average molecular weight is 383 g/mol. The van der Waals surface area contributed by atoms with E-state index in [1.807, 2.05) is 0 Å². The van der Waals surface area contributed by atoms with Crippen LogP contribution in [0.25, 0.3) is 0 Å². The van der Waals surface area contributed by atoms with Gasteiger partial charge < -0.3 is 14.6 Å². The third kappa shape index (κ3) is 4.92. The van der Waals surface area contributed by atoms with E-state index in [2.05, 4.69) is 21.2 Å². The van der Waals surface area contributed by atoms with Crippen molar-refractivity contribution in [2.24, 2.45) is 0 Å². The second kappa shape index (κ2) is 7.92. The van der Waals surface area contributed by atoms with Gasteiger partial charge in [0.2, 0.25) is 5.91 Å². The maximum absolute atomic E-state index is 13.7. The normalized spacial score (nSPS) is 10.4. The summed E-state index contributed by atoms with van der Waals surface area (Å²) in [5, 5.41) is 2.59. The van der Waals surface area contributed by atoms with Crippen molar-refractivity contribution in [3.05, 3.63) is 58.2 Å². The minimum Gasteiger partial charge on any atom is -0.459 e. The van der Waals surface area contributed by atoms with Gasteiger partial charge in [-0.1, -0.05) is 15.9 Å². The maximum Gasteiger partial charge on any atom is 0.286 e. The number of carbonyl (C=O) groups excluding carboxylic acids is 2. The molecule has 0 aliphatic rings. The largest absolute Gasteiger partial charge is 0.459 e. The first kappa shape index (κ1) is 17.2. The molecule has 2 rings (SSSR count). The summed E-state index contributed by atoms with van der Waals surface area (Å²) < 4.78 is 19.4. The molecule has 1 aromatic heterocycles. The van der Waals surface area contributed by atoms with Gasteiger partial charge in [0.25, 0.3) is 5.91 Å². The number of furan rings is 1. The smallest absolute Gasteiger partial charge is 0.286 e. The Balaban J connectivity index is 1.81. The maximum atomic E-state index is 13.7. The Morgan fingerprint density at radius 1 is 1.35 bits per heavy atom. The Labute approximate surface area is 141 Å². The highest BCUT2D eigenvalue weighted by molar-refractivity contribution is 9.10. The quantitative estimate of drug-likeness (QED) is 0.835. The van der Waals surface area contributed by atoms with Crippen molar-refractivity contribution in [1.82, 2.24) is 10.2 Å². The fourth-order valence-corrected chi connectivity index (χ4v) is 2.39. The molecule has 0 bridgehead atoms. The van der Waals surface area contributed by atoms with E-state index in [4.69, 9.17) is 4.42 Å². The summed E-state index contributed by atoms with van der Waals surface area (Å²) in [5.74, 6) is -0.728. The molecule has 0 aliphatic heterocycles. The van der Waals surface area contributed by atoms with Gasteiger partial charge in [-0.2, -0.15) is 0 Å². The molecule has 0 unspecified atom stereocenters. The van der Waals surface area contributed by atoms with Gasteiger partial charge in [0.05, 0.1) is 6.26 Å². The van der Waals surface area contributed by atoms with Crippen molar-refractivity contribution < 1.29 is 18.4 Å². The van der Waals surface area contributed by atoms with E-state index in [1.54, 1.807) is 31.3 Å². The van der Waals surface area contributed by atoms with Crippen molar-refractivity contribution in [2.75, 3.05) is 13.6 Å². The molecule has 5 nitrogen and oxygen atoms in total. The Kier molecular flexibility index (Phi) is 5.92. The SMILES string of the molecule is CN(Cc1cc(Br)ccc1F)C(=O)CCNC(=O)c1ccco1. The number of amides is 2. The number of nitrogens with one attached hydrogen (secondary N) is 1. The third-order valence-corrected chi connectivity index (χ3v) is 3.70. The fraction of sp³-hybridized carbons (Fsp3) is 0.250. The fourth-order valence-electron chi connectivity index (χ4n) is 1.98. The van der Waals surface area contributed by atoms with E-state index < -0.39 is 0 Å². The van der Waals surface area contributed by atoms with Crippen molar-refractivity contribution in [3.8, 4) is 0 Å². The van der Waals surface area contributed by atoms with E-state index in [1.165, 1.54) is 17.2 Å². The molecule has 0 radical (unpaired) electrons. The number of halogens is 2. The predicted octanol–water partition coefficient (Wildman–Crippen LogP) is 2.96. The van der Waals surface area contributed by atoms with E-state index >= 15 is 0 Å². The number of carbonyl (C=O) groups is 2. The molecule has 1 N–H and O–H groups in total. The molecule has 0 spiro atoms. The van der Waals surface area contributed by atoms with Crippen LogP contribution in [0.5, 0.6) is 0 Å². The van der Waals surface area contributed by atoms with Gasteiger partial charge in [-0.25, -0.2) is 4.39 Å². The van der Waals surface area contributed by atoms with Gasteiger partial charge in [0, 0.05) is 36.6 Å². The van der Waals surface area contributed by atoms with Crippen molar-refractivity contribution in [2.45, 2.75) is 13.0 Å². The number of nitrogens with zero attached hydrogens (tertiary/aromatic N) is 1. The first-order valence-corrected chi connectivity index (χ1v) is 7.76. The summed E-state index contributed by atoms with van der Waals surface area (Å²) in [6, 6.07) is 7.74. The van der Waals surface area contributed by atoms with Crippen LogP contribution in [0, 0.1) is 5.82 Å². The molecule has 122 valence electrons. The van der Waals surface area contributed by atoms with E-state index in [0.717, 1.165) is 4.47 Å². The number of benzene rings is 1. The van der Waals surface area contributed by atoms with Gasteiger partial charge in [-0.15, -0.1) is 0 Å². The minimum atomic E-state index is -0.372. The van der Waals surface area contributed by atoms with Crippen LogP contribution in [0.3, 0.4) is 0 Å². The zero-order chi connectivity index (χ0) is 16.8. The monoisotopic (exact) mass is 382 g/mol. The Bertz CT molecular complexity index is 689. The standard InChI is InChI=1S/C16H16BrFN2O3/c1-20(10-11-9-12(17)4-5-13(11)18)15(21)6-7-19-16(22)14-3-2-8-23-14/h2-5,8-9H,6-7,10H2,1H3,(H,19,22). The minimum absolute atomic E-state index is 0.124. The molecule has 0 aliphatic carbocycles. The molecule has 0 fully saturated rings. The second-order valence-electron chi connectivity index (χ2n) is 4.97. The van der Waals surface area contributed by atoms with Crippen LogP contribution in [0.4, 0.5) is 4.39 Å². The number of hydrogen-bond donors (Lipinski definition) is 1. The van der Waals surface area contributed by atoms with Crippen LogP contribution in [-0.2, 0) is 11.3 Å². The van der Waals surface area contributed by atoms with Crippen LogP contribution in [0.2, 0.25) is 0 Å². The van der Waals surface area contributed by atoms with Gasteiger partial charge >= 0.3 is 0 Å². The first-order chi connectivity index (χ1) is 11.0. The number of rotatable bonds is 6. The molecule has 23 heavy (non-hydrogen) atoms. The van der Waals surface area contributed by atoms with Crippen LogP contribution in [0.1, 0.15) is 22.5 Å². The predicted molar refractivity (Wildman–Crippen MR) is 86.2 cm³/mol. The highest BCUT2D eigenvalue weighted by Crippen LogP contribution is 2.17. The molecular formula is C16H16BrFN2O3. The molecule has 2 aromatic rings. The Morgan fingerprint density at radius 3 is 2.83 bits per heavy atom. The molecule has 7 heteroatoms. The van der Waals surface area contributed by atoms with Gasteiger partial charge in [-0.3, -0.25) is 9.59 Å². The average Bonchev–Trinajstić information content (AvgIpc) is 3.05. The first-order valence-electron chi connectivity index (χ1n) is 6.97. The molecule has 0 atom stereocenters. The van der Waals surface area contributed by atoms with E-state index in [9.17, 15) is 14.0 Å². The molecule has 0 saturated carbocycles. The molecule has 1 heterocycles. The summed E-state index contributed by atoms with van der Waals surface area (Å²) in [6.45, 7) is 0.347. The Morgan fingerprint density at radius 2 is 2.13 bits per heavy atom. The zero-order valence-corrected chi connectivity index (χ0v) is 14.1. The molecule has 2 amide bonds. The van der Waals surface area contributed by atoms with Crippen LogP contribution in [-0.4, -0.2) is 30.3 Å². The van der Waals surface area contributed by atoms with E-state index in [0.29, 0.717) is 5.56 Å². The van der Waals surface area contributed by atoms with Crippen molar-refractivity contribution >= 4 is 27.7 Å². The molecule has 0 saturated heterocycles. The lowest BCUT2D eigenvalue weighted by Gasteiger charge is -2.18. The topological polar surface area (TPSA) is 62.6 Å².